The van der Waals surface area contributed by atoms with Gasteiger partial charge >= 0.3 is 0 Å². The minimum atomic E-state index is -0.302. The first kappa shape index (κ1) is 15.4. The first-order valence-corrected chi connectivity index (χ1v) is 6.89. The molecule has 1 N–H and O–H groups in total. The van der Waals surface area contributed by atoms with Gasteiger partial charge in [-0.15, -0.1) is 0 Å². The van der Waals surface area contributed by atoms with Gasteiger partial charge in [0.15, 0.2) is 0 Å². The summed E-state index contributed by atoms with van der Waals surface area (Å²) in [7, 11) is 0. The number of benzene rings is 1. The van der Waals surface area contributed by atoms with Crippen molar-refractivity contribution in [3.05, 3.63) is 28.5 Å². The monoisotopic (exact) mass is 319 g/mol. The summed E-state index contributed by atoms with van der Waals surface area (Å²) in [4.78, 5) is 0. The SMILES string of the molecule is CCOCCCNCCOc1cc(F)cc(Br)c1. The quantitative estimate of drug-likeness (QED) is 0.710. The lowest BCUT2D eigenvalue weighted by Crippen LogP contribution is -2.23. The third-order valence-corrected chi connectivity index (χ3v) is 2.69. The Bertz CT molecular complexity index is 330. The smallest absolute Gasteiger partial charge is 0.128 e. The summed E-state index contributed by atoms with van der Waals surface area (Å²) in [6.45, 7) is 5.68. The molecule has 0 amide bonds. The lowest BCUT2D eigenvalue weighted by molar-refractivity contribution is 0.144. The third kappa shape index (κ3) is 6.93. The molecule has 1 aromatic rings. The van der Waals surface area contributed by atoms with E-state index < -0.39 is 0 Å². The molecule has 0 bridgehead atoms. The van der Waals surface area contributed by atoms with Gasteiger partial charge in [0.2, 0.25) is 0 Å². The van der Waals surface area contributed by atoms with Crippen LogP contribution >= 0.6 is 15.9 Å². The second kappa shape index (κ2) is 9.30. The van der Waals surface area contributed by atoms with E-state index in [1.54, 1.807) is 6.07 Å². The highest BCUT2D eigenvalue weighted by molar-refractivity contribution is 9.10. The molecule has 0 saturated heterocycles. The zero-order valence-corrected chi connectivity index (χ0v) is 12.1. The van der Waals surface area contributed by atoms with Crippen LogP contribution in [-0.4, -0.2) is 32.9 Å². The van der Waals surface area contributed by atoms with Crippen LogP contribution in [0.5, 0.6) is 5.75 Å². The van der Waals surface area contributed by atoms with Crippen molar-refractivity contribution >= 4 is 15.9 Å². The molecule has 0 heterocycles. The molecule has 102 valence electrons. The standard InChI is InChI=1S/C13H19BrFNO2/c1-2-17-6-3-4-16-5-7-18-13-9-11(14)8-12(15)10-13/h8-10,16H,2-7H2,1H3. The van der Waals surface area contributed by atoms with Crippen LogP contribution in [0.25, 0.3) is 0 Å². The summed E-state index contributed by atoms with van der Waals surface area (Å²) >= 11 is 3.22. The van der Waals surface area contributed by atoms with Crippen LogP contribution in [-0.2, 0) is 4.74 Å². The molecule has 0 atom stereocenters. The Morgan fingerprint density at radius 1 is 1.22 bits per heavy atom. The first-order chi connectivity index (χ1) is 8.72. The molecule has 0 aliphatic heterocycles. The summed E-state index contributed by atoms with van der Waals surface area (Å²) in [5.74, 6) is 0.238. The molecule has 0 unspecified atom stereocenters. The minimum Gasteiger partial charge on any atom is -0.492 e. The Kier molecular flexibility index (Phi) is 7.96. The molecule has 0 saturated carbocycles. The maximum absolute atomic E-state index is 13.0. The van der Waals surface area contributed by atoms with Crippen molar-refractivity contribution in [2.45, 2.75) is 13.3 Å². The zero-order valence-electron chi connectivity index (χ0n) is 10.5. The summed E-state index contributed by atoms with van der Waals surface area (Å²) in [6.07, 6.45) is 0.985. The molecule has 18 heavy (non-hydrogen) atoms. The average molecular weight is 320 g/mol. The van der Waals surface area contributed by atoms with Crippen LogP contribution in [0.3, 0.4) is 0 Å². The Hall–Kier alpha value is -0.650. The highest BCUT2D eigenvalue weighted by Gasteiger charge is 1.99. The molecule has 5 heteroatoms. The highest BCUT2D eigenvalue weighted by atomic mass is 79.9. The molecule has 0 aromatic heterocycles. The highest BCUT2D eigenvalue weighted by Crippen LogP contribution is 2.20. The van der Waals surface area contributed by atoms with E-state index in [2.05, 4.69) is 21.2 Å². The van der Waals surface area contributed by atoms with Crippen molar-refractivity contribution in [2.75, 3.05) is 32.9 Å². The van der Waals surface area contributed by atoms with Crippen LogP contribution in [0, 0.1) is 5.82 Å². The number of nitrogens with one attached hydrogen (secondary N) is 1. The van der Waals surface area contributed by atoms with Gasteiger partial charge in [0, 0.05) is 30.3 Å². The summed E-state index contributed by atoms with van der Waals surface area (Å²) in [5, 5.41) is 3.23. The number of hydrogen-bond donors (Lipinski definition) is 1. The number of halogens is 2. The lowest BCUT2D eigenvalue weighted by atomic mass is 10.3. The fourth-order valence-corrected chi connectivity index (χ4v) is 1.87. The van der Waals surface area contributed by atoms with Crippen LogP contribution in [0.1, 0.15) is 13.3 Å². The lowest BCUT2D eigenvalue weighted by Gasteiger charge is -2.08. The van der Waals surface area contributed by atoms with E-state index in [1.807, 2.05) is 6.92 Å². The van der Waals surface area contributed by atoms with Crippen molar-refractivity contribution in [1.82, 2.24) is 5.32 Å². The molecule has 0 radical (unpaired) electrons. The van der Waals surface area contributed by atoms with E-state index in [1.165, 1.54) is 12.1 Å². The maximum atomic E-state index is 13.0. The Labute approximate surface area is 116 Å². The van der Waals surface area contributed by atoms with Crippen molar-refractivity contribution in [3.63, 3.8) is 0 Å². The topological polar surface area (TPSA) is 30.5 Å². The molecule has 1 aromatic carbocycles. The van der Waals surface area contributed by atoms with Crippen molar-refractivity contribution in [1.29, 1.82) is 0 Å². The summed E-state index contributed by atoms with van der Waals surface area (Å²) in [5.41, 5.74) is 0. The van der Waals surface area contributed by atoms with Crippen LogP contribution in [0.2, 0.25) is 0 Å². The van der Waals surface area contributed by atoms with E-state index in [0.29, 0.717) is 16.8 Å². The van der Waals surface area contributed by atoms with Crippen molar-refractivity contribution in [3.8, 4) is 5.75 Å². The fraction of sp³-hybridized carbons (Fsp3) is 0.538. The zero-order chi connectivity index (χ0) is 13.2. The van der Waals surface area contributed by atoms with E-state index in [4.69, 9.17) is 9.47 Å². The van der Waals surface area contributed by atoms with E-state index in [-0.39, 0.29) is 5.82 Å². The number of ether oxygens (including phenoxy) is 2. The number of hydrogen-bond acceptors (Lipinski definition) is 3. The van der Waals surface area contributed by atoms with Gasteiger partial charge in [-0.1, -0.05) is 15.9 Å². The molecular weight excluding hydrogens is 301 g/mol. The van der Waals surface area contributed by atoms with Gasteiger partial charge in [0.25, 0.3) is 0 Å². The van der Waals surface area contributed by atoms with Crippen molar-refractivity contribution in [2.24, 2.45) is 0 Å². The van der Waals surface area contributed by atoms with Crippen LogP contribution in [0.15, 0.2) is 22.7 Å². The predicted octanol–water partition coefficient (Wildman–Crippen LogP) is 2.98. The molecule has 1 rings (SSSR count). The van der Waals surface area contributed by atoms with Gasteiger partial charge in [-0.05, 0) is 32.0 Å². The summed E-state index contributed by atoms with van der Waals surface area (Å²) in [6, 6.07) is 4.52. The van der Waals surface area contributed by atoms with Gasteiger partial charge < -0.3 is 14.8 Å². The largest absolute Gasteiger partial charge is 0.492 e. The molecule has 0 aliphatic carbocycles. The van der Waals surface area contributed by atoms with Gasteiger partial charge in [-0.3, -0.25) is 0 Å². The second-order valence-electron chi connectivity index (χ2n) is 3.75. The molecule has 0 fully saturated rings. The first-order valence-electron chi connectivity index (χ1n) is 6.09. The molecule has 0 aliphatic rings. The van der Waals surface area contributed by atoms with E-state index >= 15 is 0 Å². The van der Waals surface area contributed by atoms with E-state index in [0.717, 1.165) is 32.7 Å². The molecule has 3 nitrogen and oxygen atoms in total. The number of rotatable bonds is 9. The Balaban J connectivity index is 2.07. The van der Waals surface area contributed by atoms with Gasteiger partial charge in [-0.25, -0.2) is 4.39 Å². The Morgan fingerprint density at radius 3 is 2.78 bits per heavy atom. The maximum Gasteiger partial charge on any atom is 0.128 e. The third-order valence-electron chi connectivity index (χ3n) is 2.23. The van der Waals surface area contributed by atoms with Crippen LogP contribution in [0.4, 0.5) is 4.39 Å². The molecular formula is C13H19BrFNO2. The Morgan fingerprint density at radius 2 is 2.06 bits per heavy atom. The average Bonchev–Trinajstić information content (AvgIpc) is 2.31. The van der Waals surface area contributed by atoms with Gasteiger partial charge in [-0.2, -0.15) is 0 Å². The minimum absolute atomic E-state index is 0.302. The second-order valence-corrected chi connectivity index (χ2v) is 4.67. The van der Waals surface area contributed by atoms with Crippen LogP contribution < -0.4 is 10.1 Å². The van der Waals surface area contributed by atoms with Crippen molar-refractivity contribution < 1.29 is 13.9 Å². The fourth-order valence-electron chi connectivity index (χ4n) is 1.42. The van der Waals surface area contributed by atoms with Gasteiger partial charge in [0.05, 0.1) is 0 Å². The van der Waals surface area contributed by atoms with Gasteiger partial charge in [0.1, 0.15) is 18.2 Å². The molecule has 0 spiro atoms. The van der Waals surface area contributed by atoms with E-state index in [9.17, 15) is 4.39 Å². The predicted molar refractivity (Wildman–Crippen MR) is 73.6 cm³/mol. The normalized spacial score (nSPS) is 10.6. The summed E-state index contributed by atoms with van der Waals surface area (Å²) < 4.78 is 24.4.